The largest absolute Gasteiger partial charge is 0.494 e. The van der Waals surface area contributed by atoms with Crippen LogP contribution < -0.4 is 4.90 Å². The summed E-state index contributed by atoms with van der Waals surface area (Å²) in [5.41, 5.74) is 2.93. The highest BCUT2D eigenvalue weighted by Crippen LogP contribution is 2.33. The fourth-order valence-electron chi connectivity index (χ4n) is 2.87. The lowest BCUT2D eigenvalue weighted by Gasteiger charge is -2.11. The maximum absolute atomic E-state index is 10.7. The molecular weight excluding hydrogens is 286 g/mol. The van der Waals surface area contributed by atoms with Crippen molar-refractivity contribution in [3.8, 4) is 11.6 Å². The second-order valence-electron chi connectivity index (χ2n) is 5.87. The van der Waals surface area contributed by atoms with Gasteiger partial charge in [0.2, 0.25) is 5.88 Å². The number of nitrogens with zero attached hydrogens (tertiary/aromatic N) is 3. The molecule has 0 atom stereocenters. The summed E-state index contributed by atoms with van der Waals surface area (Å²) >= 11 is 0. The molecule has 2 aromatic carbocycles. The van der Waals surface area contributed by atoms with Crippen LogP contribution in [0.4, 0.5) is 5.69 Å². The number of aromatic nitrogens is 2. The van der Waals surface area contributed by atoms with E-state index in [2.05, 4.69) is 11.1 Å². The lowest BCUT2D eigenvalue weighted by Crippen LogP contribution is -2.07. The molecule has 0 fully saturated rings. The van der Waals surface area contributed by atoms with E-state index in [1.165, 1.54) is 0 Å². The molecule has 0 unspecified atom stereocenters. The smallest absolute Gasteiger partial charge is 0.203 e. The van der Waals surface area contributed by atoms with E-state index in [0.29, 0.717) is 0 Å². The summed E-state index contributed by atoms with van der Waals surface area (Å²) in [6, 6.07) is 16.0. The Morgan fingerprint density at radius 3 is 2.70 bits per heavy atom. The van der Waals surface area contributed by atoms with Crippen LogP contribution in [0.3, 0.4) is 0 Å². The Morgan fingerprint density at radius 1 is 1.00 bits per heavy atom. The summed E-state index contributed by atoms with van der Waals surface area (Å²) in [7, 11) is 3.98. The van der Waals surface area contributed by atoms with Crippen molar-refractivity contribution in [1.29, 1.82) is 0 Å². The first-order valence-corrected chi connectivity index (χ1v) is 7.50. The van der Waals surface area contributed by atoms with Crippen LogP contribution in [0.25, 0.3) is 27.4 Å². The summed E-state index contributed by atoms with van der Waals surface area (Å²) < 4.78 is 1.82. The number of benzene rings is 2. The van der Waals surface area contributed by atoms with Gasteiger partial charge in [-0.25, -0.2) is 0 Å². The van der Waals surface area contributed by atoms with Crippen LogP contribution in [0.2, 0.25) is 0 Å². The minimum absolute atomic E-state index is 0.256. The molecule has 1 N–H and O–H groups in total. The van der Waals surface area contributed by atoms with Crippen molar-refractivity contribution in [3.05, 3.63) is 60.9 Å². The molecule has 0 spiro atoms. The third-order valence-electron chi connectivity index (χ3n) is 4.16. The first-order valence-electron chi connectivity index (χ1n) is 7.50. The molecule has 114 valence electrons. The average molecular weight is 303 g/mol. The van der Waals surface area contributed by atoms with Gasteiger partial charge in [-0.1, -0.05) is 12.1 Å². The van der Waals surface area contributed by atoms with Crippen molar-refractivity contribution in [2.75, 3.05) is 19.0 Å². The van der Waals surface area contributed by atoms with Crippen LogP contribution in [0.15, 0.2) is 60.9 Å². The van der Waals surface area contributed by atoms with Crippen molar-refractivity contribution >= 4 is 27.4 Å². The Kier molecular flexibility index (Phi) is 2.98. The van der Waals surface area contributed by atoms with Gasteiger partial charge in [0.1, 0.15) is 0 Å². The monoisotopic (exact) mass is 303 g/mol. The quantitative estimate of drug-likeness (QED) is 0.609. The van der Waals surface area contributed by atoms with Crippen LogP contribution in [0.1, 0.15) is 0 Å². The van der Waals surface area contributed by atoms with E-state index in [0.717, 1.165) is 33.1 Å². The minimum Gasteiger partial charge on any atom is -0.494 e. The third kappa shape index (κ3) is 2.19. The molecule has 0 aliphatic rings. The van der Waals surface area contributed by atoms with E-state index in [4.69, 9.17) is 0 Å². The molecule has 0 aliphatic heterocycles. The molecule has 4 nitrogen and oxygen atoms in total. The first kappa shape index (κ1) is 13.6. The molecule has 2 aromatic heterocycles. The number of aromatic hydroxyl groups is 1. The van der Waals surface area contributed by atoms with Gasteiger partial charge in [0.25, 0.3) is 0 Å². The van der Waals surface area contributed by atoms with E-state index in [1.807, 2.05) is 72.2 Å². The Morgan fingerprint density at radius 2 is 1.87 bits per heavy atom. The molecule has 0 radical (unpaired) electrons. The van der Waals surface area contributed by atoms with Gasteiger partial charge in [-0.15, -0.1) is 0 Å². The van der Waals surface area contributed by atoms with Gasteiger partial charge in [-0.05, 0) is 36.4 Å². The molecule has 0 saturated carbocycles. The summed E-state index contributed by atoms with van der Waals surface area (Å²) in [6.45, 7) is 0. The van der Waals surface area contributed by atoms with Crippen LogP contribution in [-0.2, 0) is 0 Å². The van der Waals surface area contributed by atoms with Gasteiger partial charge in [-0.3, -0.25) is 9.55 Å². The molecule has 4 rings (SSSR count). The highest BCUT2D eigenvalue weighted by atomic mass is 16.3. The van der Waals surface area contributed by atoms with Gasteiger partial charge in [0.05, 0.1) is 5.52 Å². The van der Waals surface area contributed by atoms with Gasteiger partial charge in [-0.2, -0.15) is 0 Å². The number of hydrogen-bond donors (Lipinski definition) is 1. The van der Waals surface area contributed by atoms with Crippen LogP contribution in [-0.4, -0.2) is 28.8 Å². The predicted octanol–water partition coefficient (Wildman–Crippen LogP) is 3.95. The third-order valence-corrected chi connectivity index (χ3v) is 4.16. The zero-order valence-corrected chi connectivity index (χ0v) is 13.1. The van der Waals surface area contributed by atoms with Gasteiger partial charge in [0.15, 0.2) is 0 Å². The van der Waals surface area contributed by atoms with Gasteiger partial charge >= 0.3 is 0 Å². The number of anilines is 1. The lowest BCUT2D eigenvalue weighted by molar-refractivity contribution is 0.448. The van der Waals surface area contributed by atoms with E-state index in [9.17, 15) is 5.11 Å². The van der Waals surface area contributed by atoms with Gasteiger partial charge in [0, 0.05) is 54.0 Å². The second kappa shape index (κ2) is 5.02. The zero-order chi connectivity index (χ0) is 16.0. The van der Waals surface area contributed by atoms with Gasteiger partial charge < -0.3 is 10.0 Å². The Balaban J connectivity index is 1.91. The highest BCUT2D eigenvalue weighted by Gasteiger charge is 2.11. The van der Waals surface area contributed by atoms with E-state index in [-0.39, 0.29) is 5.88 Å². The summed E-state index contributed by atoms with van der Waals surface area (Å²) in [6.07, 6.45) is 3.74. The predicted molar refractivity (Wildman–Crippen MR) is 94.6 cm³/mol. The summed E-state index contributed by atoms with van der Waals surface area (Å²) in [5, 5.41) is 13.6. The normalized spacial score (nSPS) is 11.2. The molecular formula is C19H17N3O. The molecule has 0 bridgehead atoms. The number of rotatable bonds is 2. The average Bonchev–Trinajstić information content (AvgIpc) is 2.91. The fraction of sp³-hybridized carbons (Fsp3) is 0.105. The standard InChI is InChI=1S/C19H17N3O/c1-21(2)15-6-5-14-12-22(19(23)17(14)11-15)16-7-8-18-13(10-16)4-3-9-20-18/h3-12,23H,1-2H3. The Hall–Kier alpha value is -3.01. The Labute approximate surface area is 134 Å². The van der Waals surface area contributed by atoms with E-state index in [1.54, 1.807) is 6.20 Å². The van der Waals surface area contributed by atoms with E-state index >= 15 is 0 Å². The molecule has 4 heteroatoms. The van der Waals surface area contributed by atoms with Crippen LogP contribution in [0.5, 0.6) is 5.88 Å². The number of pyridine rings is 1. The van der Waals surface area contributed by atoms with Crippen molar-refractivity contribution < 1.29 is 5.11 Å². The minimum atomic E-state index is 0.256. The Bertz CT molecular complexity index is 1020. The molecule has 4 aromatic rings. The summed E-state index contributed by atoms with van der Waals surface area (Å²) in [5.74, 6) is 0.256. The van der Waals surface area contributed by atoms with Crippen molar-refractivity contribution in [3.63, 3.8) is 0 Å². The lowest BCUT2D eigenvalue weighted by atomic mass is 10.2. The van der Waals surface area contributed by atoms with Crippen LogP contribution in [0, 0.1) is 0 Å². The maximum atomic E-state index is 10.7. The van der Waals surface area contributed by atoms with Crippen LogP contribution >= 0.6 is 0 Å². The number of fused-ring (bicyclic) bond motifs is 2. The summed E-state index contributed by atoms with van der Waals surface area (Å²) in [4.78, 5) is 6.36. The number of hydrogen-bond acceptors (Lipinski definition) is 3. The second-order valence-corrected chi connectivity index (χ2v) is 5.87. The highest BCUT2D eigenvalue weighted by molar-refractivity contribution is 5.92. The van der Waals surface area contributed by atoms with Crippen molar-refractivity contribution in [2.45, 2.75) is 0 Å². The van der Waals surface area contributed by atoms with E-state index < -0.39 is 0 Å². The topological polar surface area (TPSA) is 41.3 Å². The first-order chi connectivity index (χ1) is 11.1. The maximum Gasteiger partial charge on any atom is 0.203 e. The molecule has 0 saturated heterocycles. The zero-order valence-electron chi connectivity index (χ0n) is 13.1. The molecule has 2 heterocycles. The molecule has 23 heavy (non-hydrogen) atoms. The molecule has 0 aliphatic carbocycles. The molecule has 0 amide bonds. The SMILES string of the molecule is CN(C)c1ccc2cn(-c3ccc4ncccc4c3)c(O)c2c1. The fourth-order valence-corrected chi connectivity index (χ4v) is 2.87. The van der Waals surface area contributed by atoms with Crippen molar-refractivity contribution in [2.24, 2.45) is 0 Å². The van der Waals surface area contributed by atoms with Crippen molar-refractivity contribution in [1.82, 2.24) is 9.55 Å².